The summed E-state index contributed by atoms with van der Waals surface area (Å²) >= 11 is 0. The second-order valence-electron chi connectivity index (χ2n) is 11.3. The van der Waals surface area contributed by atoms with Gasteiger partial charge in [0.15, 0.2) is 0 Å². The molecule has 228 valence electrons. The Bertz CT molecular complexity index is 1780. The molecular weight excluding hydrogens is 610 g/mol. The number of carbonyl (C=O) groups is 1. The van der Waals surface area contributed by atoms with Crippen molar-refractivity contribution < 1.29 is 39.2 Å². The Balaban J connectivity index is 1.37. The van der Waals surface area contributed by atoms with Crippen LogP contribution in [0.25, 0.3) is 0 Å². The van der Waals surface area contributed by atoms with E-state index in [0.717, 1.165) is 31.0 Å². The van der Waals surface area contributed by atoms with E-state index in [4.69, 9.17) is 0 Å². The van der Waals surface area contributed by atoms with Crippen molar-refractivity contribution in [3.63, 3.8) is 0 Å². The number of anilines is 1. The van der Waals surface area contributed by atoms with E-state index in [1.54, 1.807) is 6.07 Å². The van der Waals surface area contributed by atoms with Gasteiger partial charge in [0.1, 0.15) is 15.7 Å². The molecule has 1 spiro atoms. The highest BCUT2D eigenvalue weighted by Crippen LogP contribution is 2.59. The standard InChI is InChI=1S/C29H27F4N3O5S2/c30-21-5-8-23(9-6-21)43(40,41)36-25-10-3-19(27(37)35-17-22-7-4-20(16-34-22)29(31,32)33)15-24(25)28(26(36)18-1-2-18)11-13-42(38,39)14-12-28/h3-10,15-16,18,26H,1-2,11-14,17H2,(H,35,37). The van der Waals surface area contributed by atoms with Gasteiger partial charge in [-0.25, -0.2) is 21.2 Å². The number of sulfonamides is 1. The van der Waals surface area contributed by atoms with Crippen LogP contribution in [0.5, 0.6) is 0 Å². The van der Waals surface area contributed by atoms with E-state index in [1.807, 2.05) is 0 Å². The molecule has 3 aliphatic rings. The number of rotatable bonds is 6. The van der Waals surface area contributed by atoms with Crippen LogP contribution >= 0.6 is 0 Å². The summed E-state index contributed by atoms with van der Waals surface area (Å²) in [6.07, 6.45) is -1.97. The van der Waals surface area contributed by atoms with Crippen LogP contribution in [-0.4, -0.2) is 45.3 Å². The van der Waals surface area contributed by atoms with Gasteiger partial charge in [0.05, 0.1) is 45.9 Å². The Morgan fingerprint density at radius 3 is 2.28 bits per heavy atom. The zero-order chi connectivity index (χ0) is 30.8. The maximum Gasteiger partial charge on any atom is 0.417 e. The number of nitrogens with one attached hydrogen (secondary N) is 1. The van der Waals surface area contributed by atoms with Crippen molar-refractivity contribution >= 4 is 31.5 Å². The van der Waals surface area contributed by atoms with E-state index in [1.165, 1.54) is 34.6 Å². The van der Waals surface area contributed by atoms with Crippen LogP contribution in [0.1, 0.15) is 52.9 Å². The lowest BCUT2D eigenvalue weighted by Gasteiger charge is -2.41. The largest absolute Gasteiger partial charge is 0.417 e. The van der Waals surface area contributed by atoms with Gasteiger partial charge in [-0.05, 0) is 91.8 Å². The molecule has 1 unspecified atom stereocenters. The van der Waals surface area contributed by atoms with Crippen molar-refractivity contribution in [2.45, 2.75) is 54.8 Å². The number of hydrogen-bond acceptors (Lipinski definition) is 6. The average molecular weight is 638 g/mol. The molecule has 0 radical (unpaired) electrons. The molecule has 1 N–H and O–H groups in total. The van der Waals surface area contributed by atoms with Gasteiger partial charge in [-0.3, -0.25) is 14.1 Å². The quantitative estimate of drug-likeness (QED) is 0.396. The molecule has 3 aromatic rings. The first-order chi connectivity index (χ1) is 20.2. The zero-order valence-corrected chi connectivity index (χ0v) is 24.3. The summed E-state index contributed by atoms with van der Waals surface area (Å²) in [5, 5.41) is 2.64. The van der Waals surface area contributed by atoms with E-state index < -0.39 is 54.8 Å². The van der Waals surface area contributed by atoms with Crippen molar-refractivity contribution in [3.05, 3.63) is 89.0 Å². The number of benzene rings is 2. The molecule has 1 aliphatic carbocycles. The number of nitrogens with zero attached hydrogens (tertiary/aromatic N) is 2. The summed E-state index contributed by atoms with van der Waals surface area (Å²) in [6.45, 7) is -0.146. The Labute approximate surface area is 246 Å². The van der Waals surface area contributed by atoms with Crippen LogP contribution < -0.4 is 9.62 Å². The normalized spacial score (nSPS) is 21.0. The number of sulfone groups is 1. The monoisotopic (exact) mass is 637 g/mol. The Morgan fingerprint density at radius 2 is 1.70 bits per heavy atom. The molecule has 2 fully saturated rings. The van der Waals surface area contributed by atoms with Gasteiger partial charge in [0.25, 0.3) is 15.9 Å². The summed E-state index contributed by atoms with van der Waals surface area (Å²) in [5.74, 6) is -1.42. The first kappa shape index (κ1) is 29.5. The van der Waals surface area contributed by atoms with Crippen LogP contribution in [0.15, 0.2) is 65.7 Å². The highest BCUT2D eigenvalue weighted by Gasteiger charge is 2.60. The number of halogens is 4. The molecule has 1 atom stereocenters. The molecule has 43 heavy (non-hydrogen) atoms. The number of amides is 1. The number of carbonyl (C=O) groups excluding carboxylic acids is 1. The molecule has 6 rings (SSSR count). The number of fused-ring (bicyclic) bond motifs is 2. The molecule has 3 heterocycles. The lowest BCUT2D eigenvalue weighted by Crippen LogP contribution is -2.52. The molecular formula is C29H27F4N3O5S2. The predicted molar refractivity (Wildman–Crippen MR) is 149 cm³/mol. The third-order valence-corrected chi connectivity index (χ3v) is 12.1. The fraction of sp³-hybridized carbons (Fsp3) is 0.379. The number of pyridine rings is 1. The minimum atomic E-state index is -4.54. The van der Waals surface area contributed by atoms with Crippen molar-refractivity contribution in [3.8, 4) is 0 Å². The summed E-state index contributed by atoms with van der Waals surface area (Å²) in [4.78, 5) is 16.9. The molecule has 2 aliphatic heterocycles. The number of alkyl halides is 3. The van der Waals surface area contributed by atoms with Gasteiger partial charge in [0, 0.05) is 17.2 Å². The Morgan fingerprint density at radius 1 is 1.02 bits per heavy atom. The molecule has 1 saturated heterocycles. The molecule has 0 bridgehead atoms. The van der Waals surface area contributed by atoms with Crippen molar-refractivity contribution in [1.29, 1.82) is 0 Å². The van der Waals surface area contributed by atoms with Crippen molar-refractivity contribution in [2.75, 3.05) is 15.8 Å². The van der Waals surface area contributed by atoms with Gasteiger partial charge in [-0.2, -0.15) is 13.2 Å². The highest BCUT2D eigenvalue weighted by molar-refractivity contribution is 7.93. The van der Waals surface area contributed by atoms with Crippen LogP contribution in [0.4, 0.5) is 23.2 Å². The maximum absolute atomic E-state index is 14.1. The molecule has 2 aromatic carbocycles. The lowest BCUT2D eigenvalue weighted by molar-refractivity contribution is -0.137. The minimum absolute atomic E-state index is 0.0218. The van der Waals surface area contributed by atoms with Gasteiger partial charge in [-0.15, -0.1) is 0 Å². The van der Waals surface area contributed by atoms with Gasteiger partial charge >= 0.3 is 6.18 Å². The van der Waals surface area contributed by atoms with E-state index in [0.29, 0.717) is 17.4 Å². The van der Waals surface area contributed by atoms with Gasteiger partial charge < -0.3 is 5.32 Å². The summed E-state index contributed by atoms with van der Waals surface area (Å²) in [6, 6.07) is 10.6. The van der Waals surface area contributed by atoms with E-state index in [-0.39, 0.29) is 53.0 Å². The molecule has 1 amide bonds. The fourth-order valence-corrected chi connectivity index (χ4v) is 9.65. The first-order valence-corrected chi connectivity index (χ1v) is 16.9. The van der Waals surface area contributed by atoms with Gasteiger partial charge in [0.2, 0.25) is 0 Å². The third-order valence-electron chi connectivity index (χ3n) is 8.59. The Kier molecular flexibility index (Phi) is 7.07. The van der Waals surface area contributed by atoms with E-state index >= 15 is 0 Å². The predicted octanol–water partition coefficient (Wildman–Crippen LogP) is 4.60. The van der Waals surface area contributed by atoms with Gasteiger partial charge in [-0.1, -0.05) is 0 Å². The first-order valence-electron chi connectivity index (χ1n) is 13.7. The summed E-state index contributed by atoms with van der Waals surface area (Å²) < 4.78 is 107. The van der Waals surface area contributed by atoms with E-state index in [2.05, 4.69) is 10.3 Å². The SMILES string of the molecule is O=C(NCc1ccc(C(F)(F)F)cn1)c1ccc2c(c1)C1(CCS(=O)(=O)CC1)C(C1CC1)N2S(=O)(=O)c1ccc(F)cc1. The highest BCUT2D eigenvalue weighted by atomic mass is 32.2. The minimum Gasteiger partial charge on any atom is -0.346 e. The van der Waals surface area contributed by atoms with Crippen LogP contribution in [0.3, 0.4) is 0 Å². The van der Waals surface area contributed by atoms with E-state index in [9.17, 15) is 39.2 Å². The lowest BCUT2D eigenvalue weighted by atomic mass is 9.70. The summed E-state index contributed by atoms with van der Waals surface area (Å²) in [5.41, 5.74) is -0.464. The average Bonchev–Trinajstić information content (AvgIpc) is 3.76. The topological polar surface area (TPSA) is 114 Å². The second-order valence-corrected chi connectivity index (χ2v) is 15.4. The van der Waals surface area contributed by atoms with Crippen molar-refractivity contribution in [1.82, 2.24) is 10.3 Å². The molecule has 1 aromatic heterocycles. The molecule has 8 nitrogen and oxygen atoms in total. The zero-order valence-electron chi connectivity index (χ0n) is 22.6. The van der Waals surface area contributed by atoms with Crippen LogP contribution in [0, 0.1) is 11.7 Å². The maximum atomic E-state index is 14.1. The smallest absolute Gasteiger partial charge is 0.346 e. The van der Waals surface area contributed by atoms with Crippen LogP contribution in [0.2, 0.25) is 0 Å². The third kappa shape index (κ3) is 5.39. The molecule has 14 heteroatoms. The molecule has 1 saturated carbocycles. The second kappa shape index (κ2) is 10.3. The number of hydrogen-bond donors (Lipinski definition) is 1. The Hall–Kier alpha value is -3.52. The van der Waals surface area contributed by atoms with Crippen molar-refractivity contribution in [2.24, 2.45) is 5.92 Å². The fourth-order valence-electron chi connectivity index (χ4n) is 6.29. The summed E-state index contributed by atoms with van der Waals surface area (Å²) in [7, 11) is -7.52. The number of aromatic nitrogens is 1. The van der Waals surface area contributed by atoms with Crippen LogP contribution in [-0.2, 0) is 38.0 Å².